The number of carbonyl (C=O) groups excluding carboxylic acids is 2. The number of likely N-dealkylation sites (tertiary alicyclic amines) is 1. The summed E-state index contributed by atoms with van der Waals surface area (Å²) in [4.78, 5) is 31.6. The molecule has 1 aliphatic heterocycles. The number of amides is 2. The van der Waals surface area contributed by atoms with Crippen LogP contribution in [-0.2, 0) is 16.0 Å². The topological polar surface area (TPSA) is 65.2 Å². The SMILES string of the molecule is O=C(NCCc1c[nH]c2ccccc12)C1CCN(C(=O)C(c2ccccc2)c2ccccc2)CC1. The van der Waals surface area contributed by atoms with E-state index in [0.717, 1.165) is 23.1 Å². The van der Waals surface area contributed by atoms with Crippen LogP contribution in [0, 0.1) is 5.92 Å². The quantitative estimate of drug-likeness (QED) is 0.408. The number of nitrogens with one attached hydrogen (secondary N) is 2. The first-order valence-corrected chi connectivity index (χ1v) is 12.4. The molecular weight excluding hydrogens is 434 g/mol. The van der Waals surface area contributed by atoms with Gasteiger partial charge in [0.25, 0.3) is 0 Å². The molecule has 1 aromatic heterocycles. The minimum absolute atomic E-state index is 0.0473. The summed E-state index contributed by atoms with van der Waals surface area (Å²) in [6.07, 6.45) is 4.21. The van der Waals surface area contributed by atoms with Crippen LogP contribution in [0.25, 0.3) is 10.9 Å². The van der Waals surface area contributed by atoms with Crippen LogP contribution in [0.15, 0.2) is 91.1 Å². The summed E-state index contributed by atoms with van der Waals surface area (Å²) in [7, 11) is 0. The van der Waals surface area contributed by atoms with E-state index in [0.29, 0.717) is 32.5 Å². The molecule has 4 aromatic rings. The number of para-hydroxylation sites is 1. The van der Waals surface area contributed by atoms with Crippen molar-refractivity contribution in [3.8, 4) is 0 Å². The standard InChI is InChI=1S/C30H31N3O2/c34-29(31-18-15-25-21-32-27-14-8-7-13-26(25)27)24-16-19-33(20-17-24)30(35)28(22-9-3-1-4-10-22)23-11-5-2-6-12-23/h1-14,21,24,28,32H,15-20H2,(H,31,34). The van der Waals surface area contributed by atoms with E-state index in [-0.39, 0.29) is 23.7 Å². The van der Waals surface area contributed by atoms with Gasteiger partial charge in [-0.15, -0.1) is 0 Å². The average molecular weight is 466 g/mol. The highest BCUT2D eigenvalue weighted by molar-refractivity contribution is 5.88. The summed E-state index contributed by atoms with van der Waals surface area (Å²) in [5.74, 6) is -0.159. The van der Waals surface area contributed by atoms with E-state index in [2.05, 4.69) is 22.4 Å². The lowest BCUT2D eigenvalue weighted by Crippen LogP contribution is -2.45. The highest BCUT2D eigenvalue weighted by Gasteiger charge is 2.32. The van der Waals surface area contributed by atoms with Gasteiger partial charge in [0.1, 0.15) is 0 Å². The van der Waals surface area contributed by atoms with Gasteiger partial charge in [-0.1, -0.05) is 78.9 Å². The average Bonchev–Trinajstić information content (AvgIpc) is 3.33. The van der Waals surface area contributed by atoms with Gasteiger partial charge in [-0.2, -0.15) is 0 Å². The Morgan fingerprint density at radius 2 is 1.46 bits per heavy atom. The van der Waals surface area contributed by atoms with Crippen molar-refractivity contribution in [2.75, 3.05) is 19.6 Å². The molecule has 2 N–H and O–H groups in total. The van der Waals surface area contributed by atoms with Gasteiger partial charge in [0.15, 0.2) is 0 Å². The summed E-state index contributed by atoms with van der Waals surface area (Å²) in [6, 6.07) is 28.1. The van der Waals surface area contributed by atoms with Crippen molar-refractivity contribution in [2.24, 2.45) is 5.92 Å². The van der Waals surface area contributed by atoms with Gasteiger partial charge in [-0.3, -0.25) is 9.59 Å². The highest BCUT2D eigenvalue weighted by Crippen LogP contribution is 2.29. The molecule has 0 aliphatic carbocycles. The summed E-state index contributed by atoms with van der Waals surface area (Å²) in [5, 5.41) is 4.33. The molecule has 2 heterocycles. The Bertz CT molecular complexity index is 1240. The van der Waals surface area contributed by atoms with Crippen molar-refractivity contribution in [1.82, 2.24) is 15.2 Å². The number of fused-ring (bicyclic) bond motifs is 1. The Balaban J connectivity index is 1.17. The summed E-state index contributed by atoms with van der Waals surface area (Å²) in [6.45, 7) is 1.83. The predicted molar refractivity (Wildman–Crippen MR) is 139 cm³/mol. The zero-order valence-electron chi connectivity index (χ0n) is 19.8. The third kappa shape index (κ3) is 5.14. The number of hydrogen-bond acceptors (Lipinski definition) is 2. The van der Waals surface area contributed by atoms with E-state index in [1.807, 2.05) is 83.9 Å². The number of H-pyrrole nitrogens is 1. The third-order valence-electron chi connectivity index (χ3n) is 7.06. The maximum Gasteiger partial charge on any atom is 0.234 e. The molecule has 178 valence electrons. The molecule has 0 atom stereocenters. The number of aromatic nitrogens is 1. The van der Waals surface area contributed by atoms with Gasteiger partial charge in [0.05, 0.1) is 5.92 Å². The van der Waals surface area contributed by atoms with Crippen molar-refractivity contribution in [2.45, 2.75) is 25.2 Å². The van der Waals surface area contributed by atoms with E-state index in [4.69, 9.17) is 0 Å². The fraction of sp³-hybridized carbons (Fsp3) is 0.267. The van der Waals surface area contributed by atoms with Crippen molar-refractivity contribution in [3.63, 3.8) is 0 Å². The number of benzene rings is 3. The lowest BCUT2D eigenvalue weighted by atomic mass is 9.88. The van der Waals surface area contributed by atoms with Crippen LogP contribution in [0.5, 0.6) is 0 Å². The molecule has 5 rings (SSSR count). The first-order chi connectivity index (χ1) is 17.2. The van der Waals surface area contributed by atoms with E-state index in [1.165, 1.54) is 10.9 Å². The molecule has 1 fully saturated rings. The van der Waals surface area contributed by atoms with Gasteiger partial charge in [0, 0.05) is 42.7 Å². The third-order valence-corrected chi connectivity index (χ3v) is 7.06. The first kappa shape index (κ1) is 22.9. The number of piperidine rings is 1. The van der Waals surface area contributed by atoms with Crippen molar-refractivity contribution >= 4 is 22.7 Å². The molecule has 2 amide bonds. The molecular formula is C30H31N3O2. The maximum absolute atomic E-state index is 13.6. The highest BCUT2D eigenvalue weighted by atomic mass is 16.2. The number of aromatic amines is 1. The van der Waals surface area contributed by atoms with Gasteiger partial charge < -0.3 is 15.2 Å². The number of nitrogens with zero attached hydrogens (tertiary/aromatic N) is 1. The molecule has 0 spiro atoms. The molecule has 0 unspecified atom stereocenters. The van der Waals surface area contributed by atoms with Gasteiger partial charge in [0.2, 0.25) is 11.8 Å². The van der Waals surface area contributed by atoms with Crippen molar-refractivity contribution in [1.29, 1.82) is 0 Å². The van der Waals surface area contributed by atoms with Gasteiger partial charge in [-0.25, -0.2) is 0 Å². The number of hydrogen-bond donors (Lipinski definition) is 2. The normalized spacial score (nSPS) is 14.4. The fourth-order valence-electron chi connectivity index (χ4n) is 5.12. The van der Waals surface area contributed by atoms with Crippen molar-refractivity contribution in [3.05, 3.63) is 108 Å². The van der Waals surface area contributed by atoms with E-state index < -0.39 is 0 Å². The maximum atomic E-state index is 13.6. The van der Waals surface area contributed by atoms with Crippen LogP contribution < -0.4 is 5.32 Å². The smallest absolute Gasteiger partial charge is 0.234 e. The first-order valence-electron chi connectivity index (χ1n) is 12.4. The molecule has 0 radical (unpaired) electrons. The number of carbonyl (C=O) groups is 2. The molecule has 1 aliphatic rings. The molecule has 0 saturated carbocycles. The Morgan fingerprint density at radius 3 is 2.11 bits per heavy atom. The van der Waals surface area contributed by atoms with Crippen LogP contribution >= 0.6 is 0 Å². The Morgan fingerprint density at radius 1 is 0.857 bits per heavy atom. The second kappa shape index (κ2) is 10.6. The Labute approximate surface area is 206 Å². The Hall–Kier alpha value is -3.86. The minimum Gasteiger partial charge on any atom is -0.361 e. The molecule has 35 heavy (non-hydrogen) atoms. The lowest BCUT2D eigenvalue weighted by molar-refractivity contribution is -0.136. The van der Waals surface area contributed by atoms with Crippen LogP contribution in [0.2, 0.25) is 0 Å². The predicted octanol–water partition coefficient (Wildman–Crippen LogP) is 4.90. The second-order valence-corrected chi connectivity index (χ2v) is 9.25. The monoisotopic (exact) mass is 465 g/mol. The van der Waals surface area contributed by atoms with E-state index in [1.54, 1.807) is 0 Å². The van der Waals surface area contributed by atoms with E-state index in [9.17, 15) is 9.59 Å². The summed E-state index contributed by atoms with van der Waals surface area (Å²) < 4.78 is 0. The molecule has 3 aromatic carbocycles. The van der Waals surface area contributed by atoms with Crippen LogP contribution in [0.4, 0.5) is 0 Å². The summed E-state index contributed by atoms with van der Waals surface area (Å²) in [5.41, 5.74) is 4.34. The lowest BCUT2D eigenvalue weighted by Gasteiger charge is -2.34. The minimum atomic E-state index is -0.320. The van der Waals surface area contributed by atoms with Gasteiger partial charge >= 0.3 is 0 Å². The van der Waals surface area contributed by atoms with Crippen LogP contribution in [-0.4, -0.2) is 41.3 Å². The van der Waals surface area contributed by atoms with E-state index >= 15 is 0 Å². The molecule has 0 bridgehead atoms. The second-order valence-electron chi connectivity index (χ2n) is 9.25. The fourth-order valence-corrected chi connectivity index (χ4v) is 5.12. The zero-order valence-corrected chi connectivity index (χ0v) is 19.8. The van der Waals surface area contributed by atoms with Crippen molar-refractivity contribution < 1.29 is 9.59 Å². The molecule has 5 nitrogen and oxygen atoms in total. The summed E-state index contributed by atoms with van der Waals surface area (Å²) >= 11 is 0. The number of rotatable bonds is 7. The Kier molecular flexibility index (Phi) is 6.94. The zero-order chi connectivity index (χ0) is 24.0. The largest absolute Gasteiger partial charge is 0.361 e. The molecule has 1 saturated heterocycles. The molecule has 5 heteroatoms. The van der Waals surface area contributed by atoms with Gasteiger partial charge in [-0.05, 0) is 42.0 Å². The van der Waals surface area contributed by atoms with Crippen LogP contribution in [0.3, 0.4) is 0 Å². The van der Waals surface area contributed by atoms with Crippen LogP contribution in [0.1, 0.15) is 35.4 Å².